The Morgan fingerprint density at radius 2 is 0.806 bits per heavy atom. The molecule has 5 heteroatoms. The lowest BCUT2D eigenvalue weighted by molar-refractivity contribution is 1.07. The van der Waals surface area contributed by atoms with E-state index in [1.807, 2.05) is 47.7 Å². The highest BCUT2D eigenvalue weighted by Gasteiger charge is 2.21. The Hall–Kier alpha value is -7.99. The fourth-order valence-corrected chi connectivity index (χ4v) is 10.7. The minimum atomic E-state index is 0.616. The molecule has 3 heterocycles. The van der Waals surface area contributed by atoms with Gasteiger partial charge in [0.05, 0.1) is 11.0 Å². The zero-order valence-electron chi connectivity index (χ0n) is 33.3. The van der Waals surface area contributed by atoms with Gasteiger partial charge >= 0.3 is 0 Å². The van der Waals surface area contributed by atoms with Gasteiger partial charge in [-0.15, -0.1) is 11.3 Å². The fraction of sp³-hybridized carbons (Fsp3) is 0. The zero-order chi connectivity index (χ0) is 40.7. The Balaban J connectivity index is 1.12. The van der Waals surface area contributed by atoms with Crippen LogP contribution in [0.1, 0.15) is 0 Å². The zero-order valence-corrected chi connectivity index (χ0v) is 34.1. The third-order valence-electron chi connectivity index (χ3n) is 12.4. The van der Waals surface area contributed by atoms with Crippen molar-refractivity contribution in [1.29, 1.82) is 0 Å². The van der Waals surface area contributed by atoms with Gasteiger partial charge in [0.25, 0.3) is 0 Å². The van der Waals surface area contributed by atoms with E-state index >= 15 is 0 Å². The summed E-state index contributed by atoms with van der Waals surface area (Å²) in [5.74, 6) is 1.88. The lowest BCUT2D eigenvalue weighted by Gasteiger charge is -2.16. The van der Waals surface area contributed by atoms with E-state index in [9.17, 15) is 0 Å². The summed E-state index contributed by atoms with van der Waals surface area (Å²) in [5.41, 5.74) is 8.32. The molecule has 0 unspecified atom stereocenters. The van der Waals surface area contributed by atoms with E-state index in [0.29, 0.717) is 17.5 Å². The predicted octanol–water partition coefficient (Wildman–Crippen LogP) is 15.5. The Kier molecular flexibility index (Phi) is 7.74. The van der Waals surface area contributed by atoms with Gasteiger partial charge in [0.1, 0.15) is 0 Å². The number of benzene rings is 10. The highest BCUT2D eigenvalue weighted by atomic mass is 32.1. The highest BCUT2D eigenvalue weighted by molar-refractivity contribution is 7.26. The normalized spacial score (nSPS) is 11.9. The molecule has 0 radical (unpaired) electrons. The van der Waals surface area contributed by atoms with Crippen LogP contribution in [0.5, 0.6) is 0 Å². The summed E-state index contributed by atoms with van der Waals surface area (Å²) in [6.45, 7) is 0. The summed E-state index contributed by atoms with van der Waals surface area (Å²) >= 11 is 1.86. The quantitative estimate of drug-likeness (QED) is 0.163. The van der Waals surface area contributed by atoms with Crippen molar-refractivity contribution in [3.8, 4) is 51.0 Å². The van der Waals surface area contributed by atoms with Gasteiger partial charge in [-0.1, -0.05) is 158 Å². The molecule has 0 aliphatic carbocycles. The maximum absolute atomic E-state index is 5.24. The van der Waals surface area contributed by atoms with Gasteiger partial charge in [0.15, 0.2) is 17.5 Å². The topological polar surface area (TPSA) is 43.6 Å². The standard InChI is InChI=1S/C57H34N4S/c1-3-15-35(16-4-1)55-58-56(36-17-5-2-6-18-36)60-57(59-55)39-31-38(37-27-28-45-43-21-8-7-19-41(43)42-20-9-10-22-44(42)48(45)34-37)32-40(33-39)61-49-25-13-11-23-46(49)53-50(61)29-30-52-54(53)47-24-12-14-26-51(47)62-52/h1-34H. The lowest BCUT2D eigenvalue weighted by atomic mass is 9.91. The van der Waals surface area contributed by atoms with Gasteiger partial charge in [-0.3, -0.25) is 0 Å². The van der Waals surface area contributed by atoms with Gasteiger partial charge in [-0.25, -0.2) is 15.0 Å². The number of fused-ring (bicyclic) bond motifs is 13. The number of para-hydroxylation sites is 1. The predicted molar refractivity (Wildman–Crippen MR) is 261 cm³/mol. The molecule has 13 aromatic rings. The van der Waals surface area contributed by atoms with Crippen LogP contribution in [0.25, 0.3) is 125 Å². The first kappa shape index (κ1) is 34.8. The van der Waals surface area contributed by atoms with Crippen LogP contribution in [0.2, 0.25) is 0 Å². The number of aromatic nitrogens is 4. The van der Waals surface area contributed by atoms with E-state index in [4.69, 9.17) is 15.0 Å². The molecule has 0 saturated heterocycles. The van der Waals surface area contributed by atoms with Crippen LogP contribution in [-0.2, 0) is 0 Å². The second-order valence-corrected chi connectivity index (χ2v) is 17.0. The molecule has 4 nitrogen and oxygen atoms in total. The molecule has 0 spiro atoms. The van der Waals surface area contributed by atoms with Crippen LogP contribution in [-0.4, -0.2) is 19.5 Å². The fourth-order valence-electron chi connectivity index (χ4n) is 9.61. The lowest BCUT2D eigenvalue weighted by Crippen LogP contribution is -2.01. The average molecular weight is 807 g/mol. The average Bonchev–Trinajstić information content (AvgIpc) is 3.90. The van der Waals surface area contributed by atoms with Gasteiger partial charge in [-0.05, 0) is 92.0 Å². The summed E-state index contributed by atoms with van der Waals surface area (Å²) < 4.78 is 5.02. The van der Waals surface area contributed by atoms with Crippen molar-refractivity contribution < 1.29 is 0 Å². The number of rotatable bonds is 5. The van der Waals surface area contributed by atoms with Crippen molar-refractivity contribution >= 4 is 85.6 Å². The van der Waals surface area contributed by atoms with Crippen LogP contribution in [0.3, 0.4) is 0 Å². The monoisotopic (exact) mass is 806 g/mol. The van der Waals surface area contributed by atoms with Gasteiger partial charge in [0.2, 0.25) is 0 Å². The summed E-state index contributed by atoms with van der Waals surface area (Å²) in [7, 11) is 0. The summed E-state index contributed by atoms with van der Waals surface area (Å²) in [4.78, 5) is 15.5. The van der Waals surface area contributed by atoms with Crippen molar-refractivity contribution in [3.05, 3.63) is 206 Å². The minimum Gasteiger partial charge on any atom is -0.309 e. The maximum atomic E-state index is 5.24. The number of nitrogens with zero attached hydrogens (tertiary/aromatic N) is 4. The molecule has 0 fully saturated rings. The smallest absolute Gasteiger partial charge is 0.164 e. The molecule has 0 aliphatic heterocycles. The molecular formula is C57H34N4S. The molecule has 3 aromatic heterocycles. The van der Waals surface area contributed by atoms with Crippen LogP contribution in [0.15, 0.2) is 206 Å². The number of hydrogen-bond donors (Lipinski definition) is 0. The van der Waals surface area contributed by atoms with Gasteiger partial charge < -0.3 is 4.57 Å². The van der Waals surface area contributed by atoms with Crippen molar-refractivity contribution in [2.24, 2.45) is 0 Å². The first-order valence-corrected chi connectivity index (χ1v) is 21.7. The minimum absolute atomic E-state index is 0.616. The molecular weight excluding hydrogens is 773 g/mol. The molecule has 13 rings (SSSR count). The Morgan fingerprint density at radius 3 is 1.47 bits per heavy atom. The molecule has 62 heavy (non-hydrogen) atoms. The van der Waals surface area contributed by atoms with Gasteiger partial charge in [0, 0.05) is 53.3 Å². The first-order chi connectivity index (χ1) is 30.7. The first-order valence-electron chi connectivity index (χ1n) is 20.9. The summed E-state index contributed by atoms with van der Waals surface area (Å²) in [6, 6.07) is 74.0. The Morgan fingerprint density at radius 1 is 0.290 bits per heavy atom. The maximum Gasteiger partial charge on any atom is 0.164 e. The van der Waals surface area contributed by atoms with Crippen LogP contribution >= 0.6 is 11.3 Å². The van der Waals surface area contributed by atoms with Crippen molar-refractivity contribution in [2.75, 3.05) is 0 Å². The SMILES string of the molecule is c1ccc(-c2nc(-c3ccccc3)nc(-c3cc(-c4ccc5c6ccccc6c6ccccc6c5c4)cc(-n4c5ccccc5c5c6c(ccc54)sc4ccccc46)c3)n2)cc1. The van der Waals surface area contributed by atoms with Crippen LogP contribution in [0, 0.1) is 0 Å². The molecule has 0 atom stereocenters. The van der Waals surface area contributed by atoms with Crippen molar-refractivity contribution in [1.82, 2.24) is 19.5 Å². The van der Waals surface area contributed by atoms with E-state index in [2.05, 4.69) is 174 Å². The molecule has 0 amide bonds. The largest absolute Gasteiger partial charge is 0.309 e. The second-order valence-electron chi connectivity index (χ2n) is 15.9. The van der Waals surface area contributed by atoms with E-state index in [0.717, 1.165) is 44.5 Å². The van der Waals surface area contributed by atoms with E-state index in [1.54, 1.807) is 0 Å². The van der Waals surface area contributed by atoms with Gasteiger partial charge in [-0.2, -0.15) is 0 Å². The number of hydrogen-bond acceptors (Lipinski definition) is 4. The summed E-state index contributed by atoms with van der Waals surface area (Å²) in [5, 5.41) is 12.6. The van der Waals surface area contributed by atoms with E-state index in [-0.39, 0.29) is 0 Å². The van der Waals surface area contributed by atoms with Crippen molar-refractivity contribution in [2.45, 2.75) is 0 Å². The highest BCUT2D eigenvalue weighted by Crippen LogP contribution is 2.45. The molecule has 10 aromatic carbocycles. The molecule has 0 aliphatic rings. The van der Waals surface area contributed by atoms with Crippen LogP contribution in [0.4, 0.5) is 0 Å². The molecule has 0 bridgehead atoms. The summed E-state index contributed by atoms with van der Waals surface area (Å²) in [6.07, 6.45) is 0. The van der Waals surface area contributed by atoms with E-state index in [1.165, 1.54) is 63.3 Å². The third-order valence-corrected chi connectivity index (χ3v) is 13.5. The van der Waals surface area contributed by atoms with Crippen molar-refractivity contribution in [3.63, 3.8) is 0 Å². The molecule has 0 saturated carbocycles. The second kappa shape index (κ2) is 13.8. The Bertz CT molecular complexity index is 3830. The van der Waals surface area contributed by atoms with E-state index < -0.39 is 0 Å². The molecule has 0 N–H and O–H groups in total. The number of thiophene rings is 1. The molecule has 288 valence electrons. The van der Waals surface area contributed by atoms with Crippen LogP contribution < -0.4 is 0 Å². The third kappa shape index (κ3) is 5.42. The Labute approximate surface area is 360 Å².